The van der Waals surface area contributed by atoms with Gasteiger partial charge in [0.05, 0.1) is 0 Å². The van der Waals surface area contributed by atoms with Gasteiger partial charge in [0.15, 0.2) is 0 Å². The molecule has 0 aromatic carbocycles. The van der Waals surface area contributed by atoms with E-state index < -0.39 is 0 Å². The Bertz CT molecular complexity index is 145. The minimum atomic E-state index is 0.292. The van der Waals surface area contributed by atoms with Crippen molar-refractivity contribution < 1.29 is 0 Å². The Morgan fingerprint density at radius 2 is 1.92 bits per heavy atom. The zero-order valence-electron chi connectivity index (χ0n) is 9.29. The van der Waals surface area contributed by atoms with Gasteiger partial charge in [-0.25, -0.2) is 0 Å². The SMILES string of the molecule is CC(N)C(C)N1CCCCCC1C. The second kappa shape index (κ2) is 4.97. The molecule has 1 rings (SSSR count). The summed E-state index contributed by atoms with van der Waals surface area (Å²) in [5.74, 6) is 0. The summed E-state index contributed by atoms with van der Waals surface area (Å²) in [5, 5.41) is 0. The zero-order valence-corrected chi connectivity index (χ0v) is 9.29. The third-order valence-electron chi connectivity index (χ3n) is 3.39. The van der Waals surface area contributed by atoms with Crippen LogP contribution in [0, 0.1) is 0 Å². The summed E-state index contributed by atoms with van der Waals surface area (Å²) in [5.41, 5.74) is 5.94. The van der Waals surface area contributed by atoms with Crippen molar-refractivity contribution >= 4 is 0 Å². The molecule has 2 nitrogen and oxygen atoms in total. The van der Waals surface area contributed by atoms with Crippen LogP contribution in [0.15, 0.2) is 0 Å². The highest BCUT2D eigenvalue weighted by Crippen LogP contribution is 2.19. The fraction of sp³-hybridized carbons (Fsp3) is 1.00. The second-order valence-corrected chi connectivity index (χ2v) is 4.54. The lowest BCUT2D eigenvalue weighted by Crippen LogP contribution is -2.48. The number of likely N-dealkylation sites (tertiary alicyclic amines) is 1. The van der Waals surface area contributed by atoms with E-state index in [4.69, 9.17) is 5.73 Å². The topological polar surface area (TPSA) is 29.3 Å². The fourth-order valence-electron chi connectivity index (χ4n) is 2.20. The molecule has 0 aromatic heterocycles. The summed E-state index contributed by atoms with van der Waals surface area (Å²) in [6.45, 7) is 7.95. The van der Waals surface area contributed by atoms with E-state index in [1.54, 1.807) is 0 Å². The van der Waals surface area contributed by atoms with E-state index in [1.807, 2.05) is 0 Å². The average molecular weight is 184 g/mol. The standard InChI is InChI=1S/C11H24N2/c1-9-7-5-4-6-8-13(9)11(3)10(2)12/h9-11H,4-8,12H2,1-3H3. The van der Waals surface area contributed by atoms with Crippen LogP contribution in [-0.2, 0) is 0 Å². The molecular formula is C11H24N2. The minimum Gasteiger partial charge on any atom is -0.327 e. The molecule has 0 amide bonds. The van der Waals surface area contributed by atoms with E-state index in [1.165, 1.54) is 32.2 Å². The van der Waals surface area contributed by atoms with Crippen LogP contribution in [0.2, 0.25) is 0 Å². The Balaban J connectivity index is 2.53. The fourth-order valence-corrected chi connectivity index (χ4v) is 2.20. The molecule has 0 saturated carbocycles. The summed E-state index contributed by atoms with van der Waals surface area (Å²) < 4.78 is 0. The molecule has 0 aliphatic carbocycles. The molecule has 2 heteroatoms. The van der Waals surface area contributed by atoms with Gasteiger partial charge < -0.3 is 5.73 Å². The lowest BCUT2D eigenvalue weighted by atomic mass is 10.1. The Hall–Kier alpha value is -0.0800. The van der Waals surface area contributed by atoms with Gasteiger partial charge in [0.2, 0.25) is 0 Å². The van der Waals surface area contributed by atoms with E-state index >= 15 is 0 Å². The summed E-state index contributed by atoms with van der Waals surface area (Å²) in [4.78, 5) is 2.58. The van der Waals surface area contributed by atoms with Crippen molar-refractivity contribution in [2.45, 2.75) is 64.6 Å². The van der Waals surface area contributed by atoms with Crippen molar-refractivity contribution in [3.8, 4) is 0 Å². The van der Waals surface area contributed by atoms with Crippen LogP contribution in [0.4, 0.5) is 0 Å². The van der Waals surface area contributed by atoms with E-state index in [9.17, 15) is 0 Å². The first-order valence-electron chi connectivity index (χ1n) is 5.64. The smallest absolute Gasteiger partial charge is 0.0219 e. The number of rotatable bonds is 2. The van der Waals surface area contributed by atoms with Gasteiger partial charge in [0.25, 0.3) is 0 Å². The van der Waals surface area contributed by atoms with E-state index in [-0.39, 0.29) is 0 Å². The first-order chi connectivity index (χ1) is 6.13. The van der Waals surface area contributed by atoms with Crippen LogP contribution >= 0.6 is 0 Å². The van der Waals surface area contributed by atoms with Gasteiger partial charge in [-0.05, 0) is 40.2 Å². The Labute approximate surface area is 82.5 Å². The predicted molar refractivity (Wildman–Crippen MR) is 57.7 cm³/mol. The molecule has 0 spiro atoms. The van der Waals surface area contributed by atoms with Crippen molar-refractivity contribution in [2.75, 3.05) is 6.54 Å². The molecule has 1 aliphatic heterocycles. The predicted octanol–water partition coefficient (Wildman–Crippen LogP) is 1.99. The van der Waals surface area contributed by atoms with Crippen LogP contribution in [0.3, 0.4) is 0 Å². The van der Waals surface area contributed by atoms with Crippen molar-refractivity contribution in [1.82, 2.24) is 4.90 Å². The average Bonchev–Trinajstić information content (AvgIpc) is 2.28. The maximum Gasteiger partial charge on any atom is 0.0219 e. The van der Waals surface area contributed by atoms with E-state index in [2.05, 4.69) is 25.7 Å². The van der Waals surface area contributed by atoms with E-state index in [0.717, 1.165) is 6.04 Å². The molecule has 1 fully saturated rings. The summed E-state index contributed by atoms with van der Waals surface area (Å²) in [7, 11) is 0. The monoisotopic (exact) mass is 184 g/mol. The quantitative estimate of drug-likeness (QED) is 0.711. The minimum absolute atomic E-state index is 0.292. The third kappa shape index (κ3) is 2.96. The molecule has 78 valence electrons. The first-order valence-corrected chi connectivity index (χ1v) is 5.64. The van der Waals surface area contributed by atoms with Gasteiger partial charge in [0, 0.05) is 18.1 Å². The molecular weight excluding hydrogens is 160 g/mol. The zero-order chi connectivity index (χ0) is 9.84. The molecule has 0 bridgehead atoms. The molecule has 1 heterocycles. The first kappa shape index (κ1) is 11.0. The Morgan fingerprint density at radius 3 is 2.54 bits per heavy atom. The highest BCUT2D eigenvalue weighted by Gasteiger charge is 2.23. The molecule has 3 unspecified atom stereocenters. The van der Waals surface area contributed by atoms with Crippen molar-refractivity contribution in [1.29, 1.82) is 0 Å². The van der Waals surface area contributed by atoms with Gasteiger partial charge in [0.1, 0.15) is 0 Å². The second-order valence-electron chi connectivity index (χ2n) is 4.54. The van der Waals surface area contributed by atoms with Crippen molar-refractivity contribution in [2.24, 2.45) is 5.73 Å². The van der Waals surface area contributed by atoms with Crippen LogP contribution in [0.25, 0.3) is 0 Å². The molecule has 0 radical (unpaired) electrons. The third-order valence-corrected chi connectivity index (χ3v) is 3.39. The molecule has 1 saturated heterocycles. The number of nitrogens with two attached hydrogens (primary N) is 1. The lowest BCUT2D eigenvalue weighted by Gasteiger charge is -2.35. The summed E-state index contributed by atoms with van der Waals surface area (Å²) in [6.07, 6.45) is 5.48. The number of nitrogens with zero attached hydrogens (tertiary/aromatic N) is 1. The Kier molecular flexibility index (Phi) is 4.20. The number of hydrogen-bond acceptors (Lipinski definition) is 2. The van der Waals surface area contributed by atoms with Crippen LogP contribution < -0.4 is 5.73 Å². The molecule has 1 aliphatic rings. The summed E-state index contributed by atoms with van der Waals surface area (Å²) in [6, 6.07) is 1.55. The highest BCUT2D eigenvalue weighted by atomic mass is 15.2. The van der Waals surface area contributed by atoms with Crippen LogP contribution in [-0.4, -0.2) is 29.6 Å². The molecule has 0 aromatic rings. The maximum absolute atomic E-state index is 5.94. The van der Waals surface area contributed by atoms with Gasteiger partial charge in [-0.15, -0.1) is 0 Å². The summed E-state index contributed by atoms with van der Waals surface area (Å²) >= 11 is 0. The van der Waals surface area contributed by atoms with Gasteiger partial charge in [-0.2, -0.15) is 0 Å². The van der Waals surface area contributed by atoms with Gasteiger partial charge in [-0.1, -0.05) is 12.8 Å². The van der Waals surface area contributed by atoms with Crippen LogP contribution in [0.5, 0.6) is 0 Å². The van der Waals surface area contributed by atoms with Crippen LogP contribution in [0.1, 0.15) is 46.5 Å². The molecule has 2 N–H and O–H groups in total. The normalized spacial score (nSPS) is 30.9. The number of hydrogen-bond donors (Lipinski definition) is 1. The maximum atomic E-state index is 5.94. The van der Waals surface area contributed by atoms with Crippen molar-refractivity contribution in [3.63, 3.8) is 0 Å². The van der Waals surface area contributed by atoms with Gasteiger partial charge in [-0.3, -0.25) is 4.90 Å². The van der Waals surface area contributed by atoms with Crippen molar-refractivity contribution in [3.05, 3.63) is 0 Å². The largest absolute Gasteiger partial charge is 0.327 e. The Morgan fingerprint density at radius 1 is 1.23 bits per heavy atom. The van der Waals surface area contributed by atoms with E-state index in [0.29, 0.717) is 12.1 Å². The molecule has 3 atom stereocenters. The lowest BCUT2D eigenvalue weighted by molar-refractivity contribution is 0.142. The highest BCUT2D eigenvalue weighted by molar-refractivity contribution is 4.81. The van der Waals surface area contributed by atoms with Gasteiger partial charge >= 0.3 is 0 Å². The molecule has 13 heavy (non-hydrogen) atoms.